The summed E-state index contributed by atoms with van der Waals surface area (Å²) in [5.74, 6) is 0.382. The van der Waals surface area contributed by atoms with Gasteiger partial charge in [-0.05, 0) is 19.3 Å². The van der Waals surface area contributed by atoms with Gasteiger partial charge in [0.25, 0.3) is 10.0 Å². The van der Waals surface area contributed by atoms with Gasteiger partial charge in [-0.2, -0.15) is 0 Å². The highest BCUT2D eigenvalue weighted by molar-refractivity contribution is 7.91. The van der Waals surface area contributed by atoms with Crippen molar-refractivity contribution in [1.82, 2.24) is 4.72 Å². The molecule has 2 N–H and O–H groups in total. The molecule has 1 aliphatic rings. The number of nitrogens with one attached hydrogen (secondary N) is 2. The van der Waals surface area contributed by atoms with Crippen LogP contribution < -0.4 is 10.0 Å². The predicted molar refractivity (Wildman–Crippen MR) is 77.6 cm³/mol. The number of rotatable bonds is 7. The zero-order valence-corrected chi connectivity index (χ0v) is 12.9. The summed E-state index contributed by atoms with van der Waals surface area (Å²) in [5, 5.41) is 14.0. The minimum absolute atomic E-state index is 0.0121. The van der Waals surface area contributed by atoms with E-state index in [4.69, 9.17) is 0 Å². The maximum absolute atomic E-state index is 12.2. The smallest absolute Gasteiger partial charge is 0.304 e. The zero-order valence-electron chi connectivity index (χ0n) is 11.3. The summed E-state index contributed by atoms with van der Waals surface area (Å²) in [6, 6.07) is 1.09. The Morgan fingerprint density at radius 2 is 2.20 bits per heavy atom. The van der Waals surface area contributed by atoms with Crippen LogP contribution in [0.4, 0.5) is 10.7 Å². The average Bonchev–Trinajstić information content (AvgIpc) is 2.95. The van der Waals surface area contributed by atoms with Crippen LogP contribution in [0.5, 0.6) is 0 Å². The number of sulfonamides is 1. The molecule has 0 spiro atoms. The molecule has 0 amide bonds. The van der Waals surface area contributed by atoms with Crippen molar-refractivity contribution in [3.05, 3.63) is 16.2 Å². The SMILES string of the molecule is CCNc1sc(S(=O)(=O)NC2CC2CC)cc1[N+](=O)[O-]. The maximum Gasteiger partial charge on any atom is 0.304 e. The molecular formula is C11H17N3O4S2. The van der Waals surface area contributed by atoms with Crippen LogP contribution in [0.3, 0.4) is 0 Å². The second-order valence-corrected chi connectivity index (χ2v) is 7.69. The van der Waals surface area contributed by atoms with Crippen molar-refractivity contribution in [1.29, 1.82) is 0 Å². The Kier molecular flexibility index (Phi) is 4.31. The van der Waals surface area contributed by atoms with Gasteiger partial charge in [0.05, 0.1) is 4.92 Å². The molecule has 0 bridgehead atoms. The highest BCUT2D eigenvalue weighted by Crippen LogP contribution is 2.39. The third kappa shape index (κ3) is 3.10. The molecular weight excluding hydrogens is 302 g/mol. The van der Waals surface area contributed by atoms with Crippen molar-refractivity contribution in [2.75, 3.05) is 11.9 Å². The van der Waals surface area contributed by atoms with Gasteiger partial charge in [0, 0.05) is 18.7 Å². The van der Waals surface area contributed by atoms with Crippen LogP contribution in [0.25, 0.3) is 0 Å². The summed E-state index contributed by atoms with van der Waals surface area (Å²) in [5.41, 5.74) is -0.194. The second-order valence-electron chi connectivity index (χ2n) is 4.70. The Bertz CT molecular complexity index is 611. The highest BCUT2D eigenvalue weighted by atomic mass is 32.2. The lowest BCUT2D eigenvalue weighted by Crippen LogP contribution is -2.26. The lowest BCUT2D eigenvalue weighted by molar-refractivity contribution is -0.383. The van der Waals surface area contributed by atoms with Crippen molar-refractivity contribution in [2.24, 2.45) is 5.92 Å². The summed E-state index contributed by atoms with van der Waals surface area (Å²) >= 11 is 0.895. The lowest BCUT2D eigenvalue weighted by Gasteiger charge is -2.02. The van der Waals surface area contributed by atoms with Crippen molar-refractivity contribution in [3.8, 4) is 0 Å². The fraction of sp³-hybridized carbons (Fsp3) is 0.636. The molecule has 0 aromatic carbocycles. The minimum atomic E-state index is -3.67. The first-order chi connectivity index (χ1) is 9.39. The maximum atomic E-state index is 12.2. The molecule has 2 atom stereocenters. The van der Waals surface area contributed by atoms with E-state index in [1.54, 1.807) is 6.92 Å². The monoisotopic (exact) mass is 319 g/mol. The first-order valence-electron chi connectivity index (χ1n) is 6.43. The first kappa shape index (κ1) is 15.2. The van der Waals surface area contributed by atoms with E-state index in [0.717, 1.165) is 30.2 Å². The molecule has 1 saturated carbocycles. The Hall–Kier alpha value is -1.19. The molecule has 1 aliphatic carbocycles. The van der Waals surface area contributed by atoms with Crippen molar-refractivity contribution >= 4 is 32.0 Å². The van der Waals surface area contributed by atoms with Gasteiger partial charge in [-0.25, -0.2) is 13.1 Å². The molecule has 112 valence electrons. The second kappa shape index (κ2) is 5.66. The highest BCUT2D eigenvalue weighted by Gasteiger charge is 2.39. The third-order valence-corrected chi connectivity index (χ3v) is 6.29. The van der Waals surface area contributed by atoms with Crippen LogP contribution >= 0.6 is 11.3 Å². The predicted octanol–water partition coefficient (Wildman–Crippen LogP) is 2.16. The standard InChI is InChI=1S/C11H17N3O4S2/c1-3-7-5-8(7)13-20(17,18)10-6-9(14(15)16)11(19-10)12-4-2/h6-8,12-13H,3-5H2,1-2H3. The van der Waals surface area contributed by atoms with E-state index in [2.05, 4.69) is 10.0 Å². The van der Waals surface area contributed by atoms with Gasteiger partial charge < -0.3 is 5.32 Å². The fourth-order valence-electron chi connectivity index (χ4n) is 2.02. The molecule has 1 fully saturated rings. The molecule has 20 heavy (non-hydrogen) atoms. The third-order valence-electron chi connectivity index (χ3n) is 3.24. The number of hydrogen-bond donors (Lipinski definition) is 2. The van der Waals surface area contributed by atoms with Crippen molar-refractivity contribution < 1.29 is 13.3 Å². The first-order valence-corrected chi connectivity index (χ1v) is 8.73. The van der Waals surface area contributed by atoms with E-state index < -0.39 is 14.9 Å². The fourth-order valence-corrected chi connectivity index (χ4v) is 4.74. The van der Waals surface area contributed by atoms with Crippen LogP contribution in [0.15, 0.2) is 10.3 Å². The Balaban J connectivity index is 2.23. The van der Waals surface area contributed by atoms with E-state index >= 15 is 0 Å². The van der Waals surface area contributed by atoms with E-state index in [1.807, 2.05) is 6.92 Å². The van der Waals surface area contributed by atoms with Gasteiger partial charge in [0.1, 0.15) is 4.21 Å². The summed E-state index contributed by atoms with van der Waals surface area (Å²) < 4.78 is 27.0. The van der Waals surface area contributed by atoms with Gasteiger partial charge in [-0.3, -0.25) is 10.1 Å². The molecule has 7 nitrogen and oxygen atoms in total. The summed E-state index contributed by atoms with van der Waals surface area (Å²) in [6.45, 7) is 4.30. The molecule has 0 aliphatic heterocycles. The van der Waals surface area contributed by atoms with Gasteiger partial charge in [0.15, 0.2) is 5.00 Å². The molecule has 1 aromatic heterocycles. The largest absolute Gasteiger partial charge is 0.372 e. The molecule has 2 rings (SSSR count). The topological polar surface area (TPSA) is 101 Å². The van der Waals surface area contributed by atoms with Gasteiger partial charge in [0.2, 0.25) is 0 Å². The summed E-state index contributed by atoms with van der Waals surface area (Å²) in [7, 11) is -3.67. The molecule has 9 heteroatoms. The number of anilines is 1. The molecule has 0 saturated heterocycles. The van der Waals surface area contributed by atoms with E-state index in [1.165, 1.54) is 0 Å². The number of nitrogens with zero attached hydrogens (tertiary/aromatic N) is 1. The average molecular weight is 319 g/mol. The van der Waals surface area contributed by atoms with Gasteiger partial charge in [-0.15, -0.1) is 0 Å². The quantitative estimate of drug-likeness (QED) is 0.592. The van der Waals surface area contributed by atoms with Crippen LogP contribution in [0.2, 0.25) is 0 Å². The Morgan fingerprint density at radius 1 is 1.50 bits per heavy atom. The van der Waals surface area contributed by atoms with E-state index in [9.17, 15) is 18.5 Å². The van der Waals surface area contributed by atoms with E-state index in [-0.39, 0.29) is 20.9 Å². The van der Waals surface area contributed by atoms with Crippen molar-refractivity contribution in [3.63, 3.8) is 0 Å². The van der Waals surface area contributed by atoms with Crippen LogP contribution in [0, 0.1) is 16.0 Å². The van der Waals surface area contributed by atoms with Gasteiger partial charge >= 0.3 is 5.69 Å². The Morgan fingerprint density at radius 3 is 2.70 bits per heavy atom. The zero-order chi connectivity index (χ0) is 14.9. The molecule has 1 heterocycles. The minimum Gasteiger partial charge on any atom is -0.372 e. The summed E-state index contributed by atoms with van der Waals surface area (Å²) in [4.78, 5) is 10.4. The molecule has 2 unspecified atom stereocenters. The van der Waals surface area contributed by atoms with E-state index in [0.29, 0.717) is 12.5 Å². The number of nitro groups is 1. The number of thiophene rings is 1. The molecule has 0 radical (unpaired) electrons. The number of hydrogen-bond acceptors (Lipinski definition) is 6. The lowest BCUT2D eigenvalue weighted by atomic mass is 10.3. The van der Waals surface area contributed by atoms with Crippen LogP contribution in [-0.2, 0) is 10.0 Å². The van der Waals surface area contributed by atoms with Crippen molar-refractivity contribution in [2.45, 2.75) is 36.9 Å². The van der Waals surface area contributed by atoms with Crippen LogP contribution in [-0.4, -0.2) is 25.9 Å². The Labute approximate surface area is 121 Å². The van der Waals surface area contributed by atoms with Gasteiger partial charge in [-0.1, -0.05) is 24.7 Å². The van der Waals surface area contributed by atoms with Crippen LogP contribution in [0.1, 0.15) is 26.7 Å². The molecule has 1 aromatic rings. The normalized spacial score (nSPS) is 21.7. The summed E-state index contributed by atoms with van der Waals surface area (Å²) in [6.07, 6.45) is 1.77.